The number of benzene rings is 1. The van der Waals surface area contributed by atoms with Crippen LogP contribution in [0, 0.1) is 6.92 Å². The van der Waals surface area contributed by atoms with Crippen molar-refractivity contribution < 1.29 is 0 Å². The van der Waals surface area contributed by atoms with Gasteiger partial charge in [-0.05, 0) is 18.9 Å². The third kappa shape index (κ3) is 2.24. The number of aryl methyl sites for hydroxylation is 1. The van der Waals surface area contributed by atoms with E-state index in [1.807, 2.05) is 6.08 Å². The smallest absolute Gasteiger partial charge is 0.00816 e. The minimum absolute atomic E-state index is 0.0372. The van der Waals surface area contributed by atoms with Gasteiger partial charge in [-0.2, -0.15) is 0 Å². The fourth-order valence-corrected chi connectivity index (χ4v) is 1.59. The van der Waals surface area contributed by atoms with E-state index in [2.05, 4.69) is 44.7 Å². The Balaban J connectivity index is 2.99. The second-order valence-electron chi connectivity index (χ2n) is 4.12. The highest BCUT2D eigenvalue weighted by Gasteiger charge is 2.22. The first kappa shape index (κ1) is 11.0. The molecule has 0 bridgehead atoms. The Hall–Kier alpha value is -1.08. The van der Waals surface area contributed by atoms with Gasteiger partial charge in [-0.25, -0.2) is 0 Å². The van der Waals surface area contributed by atoms with Crippen LogP contribution in [0.1, 0.15) is 24.5 Å². The first-order valence-electron chi connectivity index (χ1n) is 5.00. The van der Waals surface area contributed by atoms with Gasteiger partial charge in [0.25, 0.3) is 0 Å². The fourth-order valence-electron chi connectivity index (χ4n) is 1.59. The second kappa shape index (κ2) is 4.43. The molecule has 2 N–H and O–H groups in total. The number of allylic oxidation sites excluding steroid dienone is 1. The monoisotopic (exact) mass is 189 g/mol. The Morgan fingerprint density at radius 2 is 1.93 bits per heavy atom. The number of nitrogens with two attached hydrogens (primary N) is 1. The molecule has 0 radical (unpaired) electrons. The first-order valence-corrected chi connectivity index (χ1v) is 5.00. The Morgan fingerprint density at radius 1 is 1.36 bits per heavy atom. The van der Waals surface area contributed by atoms with Crippen LogP contribution >= 0.6 is 0 Å². The SMILES string of the molecule is C=CCC(C)(CN)c1ccc(C)cc1. The average Bonchev–Trinajstić information content (AvgIpc) is 2.19. The van der Waals surface area contributed by atoms with E-state index in [1.54, 1.807) is 0 Å². The van der Waals surface area contributed by atoms with E-state index in [1.165, 1.54) is 11.1 Å². The molecule has 0 heterocycles. The molecular weight excluding hydrogens is 170 g/mol. The lowest BCUT2D eigenvalue weighted by Gasteiger charge is -2.27. The van der Waals surface area contributed by atoms with Gasteiger partial charge < -0.3 is 5.73 Å². The zero-order chi connectivity index (χ0) is 10.6. The molecule has 1 unspecified atom stereocenters. The lowest BCUT2D eigenvalue weighted by molar-refractivity contribution is 0.491. The number of rotatable bonds is 4. The summed E-state index contributed by atoms with van der Waals surface area (Å²) >= 11 is 0. The van der Waals surface area contributed by atoms with Crippen LogP contribution in [0.4, 0.5) is 0 Å². The van der Waals surface area contributed by atoms with Gasteiger partial charge in [0.2, 0.25) is 0 Å². The van der Waals surface area contributed by atoms with Crippen LogP contribution in [0.3, 0.4) is 0 Å². The molecule has 14 heavy (non-hydrogen) atoms. The van der Waals surface area contributed by atoms with E-state index < -0.39 is 0 Å². The molecule has 76 valence electrons. The molecule has 0 spiro atoms. The van der Waals surface area contributed by atoms with Crippen LogP contribution < -0.4 is 5.73 Å². The molecule has 0 aliphatic rings. The molecule has 1 aromatic rings. The van der Waals surface area contributed by atoms with Gasteiger partial charge in [0.05, 0.1) is 0 Å². The molecule has 1 atom stereocenters. The summed E-state index contributed by atoms with van der Waals surface area (Å²) in [6, 6.07) is 8.58. The van der Waals surface area contributed by atoms with Crippen molar-refractivity contribution in [3.63, 3.8) is 0 Å². The van der Waals surface area contributed by atoms with E-state index in [0.717, 1.165) is 6.42 Å². The summed E-state index contributed by atoms with van der Waals surface area (Å²) < 4.78 is 0. The molecule has 0 saturated carbocycles. The van der Waals surface area contributed by atoms with Gasteiger partial charge >= 0.3 is 0 Å². The summed E-state index contributed by atoms with van der Waals surface area (Å²) in [5.74, 6) is 0. The van der Waals surface area contributed by atoms with Crippen molar-refractivity contribution >= 4 is 0 Å². The molecule has 1 rings (SSSR count). The largest absolute Gasteiger partial charge is 0.330 e. The Bertz CT molecular complexity index is 300. The third-order valence-corrected chi connectivity index (χ3v) is 2.79. The summed E-state index contributed by atoms with van der Waals surface area (Å²) in [6.45, 7) is 8.71. The lowest BCUT2D eigenvalue weighted by Crippen LogP contribution is -2.31. The zero-order valence-electron chi connectivity index (χ0n) is 9.09. The normalized spacial score (nSPS) is 14.8. The lowest BCUT2D eigenvalue weighted by atomic mass is 9.79. The maximum atomic E-state index is 5.82. The Kier molecular flexibility index (Phi) is 3.48. The highest BCUT2D eigenvalue weighted by molar-refractivity contribution is 5.29. The van der Waals surface area contributed by atoms with Gasteiger partial charge in [0, 0.05) is 12.0 Å². The molecule has 1 nitrogen and oxygen atoms in total. The number of hydrogen-bond donors (Lipinski definition) is 1. The van der Waals surface area contributed by atoms with Crippen molar-refractivity contribution in [3.8, 4) is 0 Å². The number of hydrogen-bond acceptors (Lipinski definition) is 1. The van der Waals surface area contributed by atoms with Crippen molar-refractivity contribution in [1.82, 2.24) is 0 Å². The van der Waals surface area contributed by atoms with Crippen molar-refractivity contribution in [1.29, 1.82) is 0 Å². The van der Waals surface area contributed by atoms with Gasteiger partial charge in [0.15, 0.2) is 0 Å². The Labute approximate surface area is 86.6 Å². The summed E-state index contributed by atoms with van der Waals surface area (Å²) in [6.07, 6.45) is 2.86. The standard InChI is InChI=1S/C13H19N/c1-4-9-13(3,10-14)12-7-5-11(2)6-8-12/h4-8H,1,9-10,14H2,2-3H3. The van der Waals surface area contributed by atoms with Crippen LogP contribution in [0.5, 0.6) is 0 Å². The van der Waals surface area contributed by atoms with Crippen LogP contribution in [0.2, 0.25) is 0 Å². The van der Waals surface area contributed by atoms with Crippen LogP contribution in [0.25, 0.3) is 0 Å². The Morgan fingerprint density at radius 3 is 2.36 bits per heavy atom. The molecule has 0 amide bonds. The third-order valence-electron chi connectivity index (χ3n) is 2.79. The summed E-state index contributed by atoms with van der Waals surface area (Å²) in [5, 5.41) is 0. The van der Waals surface area contributed by atoms with Gasteiger partial charge in [-0.15, -0.1) is 6.58 Å². The summed E-state index contributed by atoms with van der Waals surface area (Å²) in [4.78, 5) is 0. The van der Waals surface area contributed by atoms with Crippen molar-refractivity contribution in [3.05, 3.63) is 48.0 Å². The maximum absolute atomic E-state index is 5.82. The van der Waals surface area contributed by atoms with Crippen molar-refractivity contribution in [2.24, 2.45) is 5.73 Å². The predicted molar refractivity (Wildman–Crippen MR) is 62.4 cm³/mol. The van der Waals surface area contributed by atoms with Crippen molar-refractivity contribution in [2.75, 3.05) is 6.54 Å². The molecule has 0 aliphatic heterocycles. The molecule has 0 saturated heterocycles. The maximum Gasteiger partial charge on any atom is 0.00816 e. The van der Waals surface area contributed by atoms with E-state index in [-0.39, 0.29) is 5.41 Å². The highest BCUT2D eigenvalue weighted by Crippen LogP contribution is 2.26. The molecule has 0 aromatic heterocycles. The van der Waals surface area contributed by atoms with Gasteiger partial charge in [0.1, 0.15) is 0 Å². The first-order chi connectivity index (χ1) is 6.62. The van der Waals surface area contributed by atoms with Crippen LogP contribution in [-0.2, 0) is 5.41 Å². The highest BCUT2D eigenvalue weighted by atomic mass is 14.6. The fraction of sp³-hybridized carbons (Fsp3) is 0.385. The van der Waals surface area contributed by atoms with Gasteiger partial charge in [-0.1, -0.05) is 42.8 Å². The van der Waals surface area contributed by atoms with Crippen LogP contribution in [0.15, 0.2) is 36.9 Å². The second-order valence-corrected chi connectivity index (χ2v) is 4.12. The molecule has 1 aromatic carbocycles. The quantitative estimate of drug-likeness (QED) is 0.724. The van der Waals surface area contributed by atoms with E-state index in [9.17, 15) is 0 Å². The molecule has 0 aliphatic carbocycles. The topological polar surface area (TPSA) is 26.0 Å². The van der Waals surface area contributed by atoms with E-state index in [4.69, 9.17) is 5.73 Å². The minimum Gasteiger partial charge on any atom is -0.330 e. The van der Waals surface area contributed by atoms with Crippen molar-refractivity contribution in [2.45, 2.75) is 25.7 Å². The van der Waals surface area contributed by atoms with E-state index >= 15 is 0 Å². The van der Waals surface area contributed by atoms with Crippen LogP contribution in [-0.4, -0.2) is 6.54 Å². The summed E-state index contributed by atoms with van der Waals surface area (Å²) in [5.41, 5.74) is 8.43. The minimum atomic E-state index is 0.0372. The average molecular weight is 189 g/mol. The summed E-state index contributed by atoms with van der Waals surface area (Å²) in [7, 11) is 0. The molecule has 1 heteroatoms. The molecule has 0 fully saturated rings. The predicted octanol–water partition coefficient (Wildman–Crippen LogP) is 2.79. The zero-order valence-corrected chi connectivity index (χ0v) is 9.09. The molecular formula is C13H19N. The van der Waals surface area contributed by atoms with Gasteiger partial charge in [-0.3, -0.25) is 0 Å². The van der Waals surface area contributed by atoms with E-state index in [0.29, 0.717) is 6.54 Å².